The van der Waals surface area contributed by atoms with Crippen molar-refractivity contribution in [1.29, 1.82) is 0 Å². The lowest BCUT2D eigenvalue weighted by Gasteiger charge is -2.39. The van der Waals surface area contributed by atoms with E-state index in [1.165, 1.54) is 0 Å². The molecule has 1 atom stereocenters. The number of hydrogen-bond acceptors (Lipinski definition) is 9. The normalized spacial score (nSPS) is 15.9. The predicted octanol–water partition coefficient (Wildman–Crippen LogP) is 9.06. The highest BCUT2D eigenvalue weighted by molar-refractivity contribution is 6.09. The average molecular weight is 759 g/mol. The van der Waals surface area contributed by atoms with Gasteiger partial charge in [-0.15, -0.1) is 0 Å². The number of carboxylic acid groups (broad SMARTS) is 1. The van der Waals surface area contributed by atoms with Crippen LogP contribution in [0.1, 0.15) is 66.8 Å². The van der Waals surface area contributed by atoms with Crippen LogP contribution in [-0.2, 0) is 30.3 Å². The predicted molar refractivity (Wildman–Crippen MR) is 213 cm³/mol. The van der Waals surface area contributed by atoms with Crippen LogP contribution in [0.5, 0.6) is 28.7 Å². The number of ether oxygens (including phenoxy) is 7. The molecule has 1 heterocycles. The Hall–Kier alpha value is -6.00. The zero-order chi connectivity index (χ0) is 39.5. The Morgan fingerprint density at radius 2 is 1.32 bits per heavy atom. The molecule has 0 fully saturated rings. The maximum absolute atomic E-state index is 12.4. The topological polar surface area (TPSA) is 119 Å². The number of esters is 1. The first-order valence-corrected chi connectivity index (χ1v) is 18.8. The van der Waals surface area contributed by atoms with Gasteiger partial charge in [-0.1, -0.05) is 56.2 Å². The first-order chi connectivity index (χ1) is 27.2. The van der Waals surface area contributed by atoms with Gasteiger partial charge < -0.3 is 38.3 Å². The summed E-state index contributed by atoms with van der Waals surface area (Å²) in [4.78, 5) is 23.5. The second-order valence-corrected chi connectivity index (χ2v) is 13.8. The Bertz CT molecular complexity index is 2230. The highest BCUT2D eigenvalue weighted by atomic mass is 16.6. The molecule has 56 heavy (non-hydrogen) atoms. The summed E-state index contributed by atoms with van der Waals surface area (Å²) >= 11 is 0. The minimum absolute atomic E-state index is 0.0433. The van der Waals surface area contributed by atoms with Crippen molar-refractivity contribution in [2.75, 3.05) is 41.7 Å². The number of methoxy groups -OCH3 is 4. The molecule has 1 N–H and O–H groups in total. The summed E-state index contributed by atoms with van der Waals surface area (Å²) in [7, 11) is 6.59. The molecule has 1 aliphatic carbocycles. The van der Waals surface area contributed by atoms with Gasteiger partial charge >= 0.3 is 11.9 Å². The first kappa shape index (κ1) is 38.3. The van der Waals surface area contributed by atoms with Crippen LogP contribution < -0.4 is 23.7 Å². The second-order valence-electron chi connectivity index (χ2n) is 13.8. The molecule has 10 heteroatoms. The molecule has 1 unspecified atom stereocenters. The van der Waals surface area contributed by atoms with Crippen LogP contribution in [0, 0.1) is 0 Å². The smallest absolute Gasteiger partial charge is 0.306 e. The van der Waals surface area contributed by atoms with E-state index in [1.54, 1.807) is 28.4 Å². The van der Waals surface area contributed by atoms with Crippen LogP contribution in [0.3, 0.4) is 0 Å². The molecule has 2 aliphatic rings. The Kier molecular flexibility index (Phi) is 10.9. The van der Waals surface area contributed by atoms with Crippen LogP contribution in [-0.4, -0.2) is 58.7 Å². The fourth-order valence-electron chi connectivity index (χ4n) is 8.00. The summed E-state index contributed by atoms with van der Waals surface area (Å²) < 4.78 is 42.7. The van der Waals surface area contributed by atoms with Gasteiger partial charge in [0.1, 0.15) is 41.0 Å². The molecule has 1 aliphatic heterocycles. The molecule has 0 bridgehead atoms. The molecule has 0 aromatic heterocycles. The minimum Gasteiger partial charge on any atom is -0.497 e. The second kappa shape index (κ2) is 16.0. The number of unbranched alkanes of at least 4 members (excludes halogenated alkanes) is 1. The monoisotopic (exact) mass is 758 g/mol. The van der Waals surface area contributed by atoms with Crippen molar-refractivity contribution in [3.05, 3.63) is 119 Å². The fourth-order valence-corrected chi connectivity index (χ4v) is 8.00. The van der Waals surface area contributed by atoms with Gasteiger partial charge in [-0.2, -0.15) is 0 Å². The van der Waals surface area contributed by atoms with Gasteiger partial charge in [-0.05, 0) is 89.2 Å². The number of carbonyl (C=O) groups excluding carboxylic acids is 1. The van der Waals surface area contributed by atoms with E-state index in [0.717, 1.165) is 74.1 Å². The summed E-state index contributed by atoms with van der Waals surface area (Å²) in [6.45, 7) is 2.17. The van der Waals surface area contributed by atoms with E-state index in [0.29, 0.717) is 23.7 Å². The van der Waals surface area contributed by atoms with E-state index in [-0.39, 0.29) is 26.1 Å². The quantitative estimate of drug-likeness (QED) is 0.0771. The van der Waals surface area contributed by atoms with E-state index in [2.05, 4.69) is 31.2 Å². The molecule has 7 rings (SSSR count). The fraction of sp³-hybridized carbons (Fsp3) is 0.304. The number of rotatable bonds is 16. The molecule has 5 aromatic carbocycles. The average Bonchev–Trinajstić information content (AvgIpc) is 3.52. The molecule has 5 aromatic rings. The standard InChI is InChI=1S/C46H46O10/c1-6-7-23-46(55-26-25-54-41(49)21-20-40(47)48)39-28-34(53-5)17-19-36(39)42-35-18-16-33(52-4)27-38(35)44-37(43(42)46)22-24-45(56-44,29-8-12-31(50-2)13-9-29)30-10-14-32(51-3)15-11-30/h8-19,22,24,27-28H,6-7,20-21,23,25-26H2,1-5H3,(H,47,48). The molecule has 10 nitrogen and oxygen atoms in total. The number of carbonyl (C=O) groups is 2. The van der Waals surface area contributed by atoms with Crippen molar-refractivity contribution in [2.24, 2.45) is 0 Å². The van der Waals surface area contributed by atoms with Crippen molar-refractivity contribution in [3.63, 3.8) is 0 Å². The van der Waals surface area contributed by atoms with Gasteiger partial charge in [-0.25, -0.2) is 0 Å². The van der Waals surface area contributed by atoms with Crippen molar-refractivity contribution in [1.82, 2.24) is 0 Å². The Labute approximate surface area is 326 Å². The SMILES string of the molecule is CCCCC1(OCCOC(=O)CCC(=O)O)c2cc(OC)ccc2-c2c1c1c(c3cc(OC)ccc23)OC(c2ccc(OC)cc2)(c2ccc(OC)cc2)C=C1. The molecular weight excluding hydrogens is 712 g/mol. The number of benzene rings is 5. The van der Waals surface area contributed by atoms with E-state index in [4.69, 9.17) is 38.3 Å². The van der Waals surface area contributed by atoms with Gasteiger partial charge in [0.05, 0.1) is 47.9 Å². The van der Waals surface area contributed by atoms with E-state index in [1.807, 2.05) is 72.8 Å². The number of aliphatic carboxylic acids is 1. The number of hydrogen-bond donors (Lipinski definition) is 1. The number of fused-ring (bicyclic) bond motifs is 8. The van der Waals surface area contributed by atoms with Gasteiger partial charge in [0, 0.05) is 27.6 Å². The molecule has 0 spiro atoms. The summed E-state index contributed by atoms with van der Waals surface area (Å²) in [5.41, 5.74) is 4.53. The summed E-state index contributed by atoms with van der Waals surface area (Å²) in [5, 5.41) is 10.9. The molecule has 0 saturated carbocycles. The largest absolute Gasteiger partial charge is 0.497 e. The van der Waals surface area contributed by atoms with Crippen LogP contribution in [0.2, 0.25) is 0 Å². The van der Waals surface area contributed by atoms with Gasteiger partial charge in [0.25, 0.3) is 0 Å². The highest BCUT2D eigenvalue weighted by Crippen LogP contribution is 2.61. The lowest BCUT2D eigenvalue weighted by molar-refractivity contribution is -0.150. The zero-order valence-corrected chi connectivity index (χ0v) is 32.3. The molecule has 0 saturated heterocycles. The van der Waals surface area contributed by atoms with Crippen LogP contribution in [0.25, 0.3) is 28.0 Å². The summed E-state index contributed by atoms with van der Waals surface area (Å²) in [6, 6.07) is 27.9. The number of carboxylic acids is 1. The van der Waals surface area contributed by atoms with Crippen molar-refractivity contribution < 1.29 is 47.9 Å². The highest BCUT2D eigenvalue weighted by Gasteiger charge is 2.49. The van der Waals surface area contributed by atoms with Crippen molar-refractivity contribution in [2.45, 2.75) is 50.2 Å². The van der Waals surface area contributed by atoms with Gasteiger partial charge in [0.2, 0.25) is 0 Å². The lowest BCUT2D eigenvalue weighted by Crippen LogP contribution is -2.36. The molecule has 0 amide bonds. The lowest BCUT2D eigenvalue weighted by atomic mass is 9.78. The van der Waals surface area contributed by atoms with Crippen LogP contribution in [0.4, 0.5) is 0 Å². The molecule has 290 valence electrons. The van der Waals surface area contributed by atoms with Crippen LogP contribution >= 0.6 is 0 Å². The maximum atomic E-state index is 12.4. The van der Waals surface area contributed by atoms with Crippen LogP contribution in [0.15, 0.2) is 91.0 Å². The van der Waals surface area contributed by atoms with Gasteiger partial charge in [-0.3, -0.25) is 9.59 Å². The maximum Gasteiger partial charge on any atom is 0.306 e. The zero-order valence-electron chi connectivity index (χ0n) is 32.3. The Morgan fingerprint density at radius 1 is 0.714 bits per heavy atom. The third-order valence-electron chi connectivity index (χ3n) is 10.7. The minimum atomic E-state index is -1.06. The third kappa shape index (κ3) is 6.79. The Morgan fingerprint density at radius 3 is 1.93 bits per heavy atom. The van der Waals surface area contributed by atoms with E-state index < -0.39 is 23.1 Å². The summed E-state index contributed by atoms with van der Waals surface area (Å²) in [6.07, 6.45) is 6.08. The van der Waals surface area contributed by atoms with Crippen molar-refractivity contribution >= 4 is 28.8 Å². The molecular formula is C46H46O10. The van der Waals surface area contributed by atoms with Gasteiger partial charge in [0.15, 0.2) is 5.60 Å². The third-order valence-corrected chi connectivity index (χ3v) is 10.7. The molecule has 0 radical (unpaired) electrons. The van der Waals surface area contributed by atoms with E-state index >= 15 is 0 Å². The Balaban J connectivity index is 1.47. The first-order valence-electron chi connectivity index (χ1n) is 18.8. The van der Waals surface area contributed by atoms with Crippen molar-refractivity contribution in [3.8, 4) is 39.9 Å². The summed E-state index contributed by atoms with van der Waals surface area (Å²) in [5.74, 6) is 1.84. The van der Waals surface area contributed by atoms with E-state index in [9.17, 15) is 9.59 Å².